The number of anilines is 2. The summed E-state index contributed by atoms with van der Waals surface area (Å²) in [6, 6.07) is 9.92. The second-order valence-electron chi connectivity index (χ2n) is 8.26. The van der Waals surface area contributed by atoms with E-state index < -0.39 is 0 Å². The molecule has 3 aromatic rings. The highest BCUT2D eigenvalue weighted by Gasteiger charge is 2.32. The average molecular weight is 424 g/mol. The van der Waals surface area contributed by atoms with Crippen molar-refractivity contribution in [2.45, 2.75) is 44.3 Å². The first-order valence-electron chi connectivity index (χ1n) is 10.3. The van der Waals surface area contributed by atoms with Crippen LogP contribution in [-0.4, -0.2) is 51.5 Å². The van der Waals surface area contributed by atoms with Gasteiger partial charge >= 0.3 is 0 Å². The lowest BCUT2D eigenvalue weighted by atomic mass is 10.1. The van der Waals surface area contributed by atoms with Crippen LogP contribution in [0.3, 0.4) is 0 Å². The van der Waals surface area contributed by atoms with E-state index in [4.69, 9.17) is 5.73 Å². The summed E-state index contributed by atoms with van der Waals surface area (Å²) in [6.07, 6.45) is 4.78. The Bertz CT molecular complexity index is 1050. The van der Waals surface area contributed by atoms with Gasteiger partial charge in [0.05, 0.1) is 6.20 Å². The first kappa shape index (κ1) is 19.2. The summed E-state index contributed by atoms with van der Waals surface area (Å²) in [7, 11) is 0. The van der Waals surface area contributed by atoms with Gasteiger partial charge in [0.2, 0.25) is 0 Å². The number of hydrogen-bond donors (Lipinski definition) is 3. The number of aromatic nitrogens is 3. The van der Waals surface area contributed by atoms with Gasteiger partial charge in [0, 0.05) is 36.9 Å². The summed E-state index contributed by atoms with van der Waals surface area (Å²) in [6.45, 7) is 4.15. The molecule has 2 saturated heterocycles. The molecule has 2 fully saturated rings. The van der Waals surface area contributed by atoms with Crippen LogP contribution in [-0.2, 0) is 6.42 Å². The maximum atomic E-state index is 12.6. The topological polar surface area (TPSA) is 109 Å². The third-order valence-electron chi connectivity index (χ3n) is 5.88. The highest BCUT2D eigenvalue weighted by Crippen LogP contribution is 2.25. The fourth-order valence-electron chi connectivity index (χ4n) is 4.41. The number of amides is 1. The highest BCUT2D eigenvalue weighted by atomic mass is 32.1. The van der Waals surface area contributed by atoms with Crippen molar-refractivity contribution in [1.29, 1.82) is 0 Å². The normalized spacial score (nSPS) is 21.7. The van der Waals surface area contributed by atoms with Crippen molar-refractivity contribution in [2.75, 3.05) is 23.7 Å². The summed E-state index contributed by atoms with van der Waals surface area (Å²) in [5.74, 6) is 0.0539. The standard InChI is InChI=1S/C21H25N7OS/c1-12(24-20(29)17-9-23-21-18(26-17)19(22)27-30-21)8-13-2-6-16(7-3-13)28-10-14-4-5-15(11-28)25-14/h2-3,6-7,9,12,14-15,25H,4-5,8,10-11H2,1H3,(H2,22,27)(H,24,29)/t12-,14?,15?/m0/s1. The molecule has 2 unspecified atom stereocenters. The van der Waals surface area contributed by atoms with Crippen molar-refractivity contribution >= 4 is 39.3 Å². The molecule has 1 aromatic carbocycles. The van der Waals surface area contributed by atoms with Gasteiger partial charge in [-0.3, -0.25) is 4.79 Å². The van der Waals surface area contributed by atoms with Crippen LogP contribution in [0.1, 0.15) is 35.8 Å². The van der Waals surface area contributed by atoms with E-state index in [1.54, 1.807) is 0 Å². The molecule has 4 N–H and O–H groups in total. The van der Waals surface area contributed by atoms with Gasteiger partial charge in [-0.2, -0.15) is 4.37 Å². The highest BCUT2D eigenvalue weighted by molar-refractivity contribution is 7.13. The van der Waals surface area contributed by atoms with Crippen LogP contribution >= 0.6 is 11.5 Å². The maximum Gasteiger partial charge on any atom is 0.271 e. The van der Waals surface area contributed by atoms with Crippen molar-refractivity contribution in [3.63, 3.8) is 0 Å². The summed E-state index contributed by atoms with van der Waals surface area (Å²) >= 11 is 1.18. The Labute approximate surface area is 179 Å². The Morgan fingerprint density at radius 1 is 1.30 bits per heavy atom. The zero-order chi connectivity index (χ0) is 20.7. The van der Waals surface area contributed by atoms with E-state index in [1.165, 1.54) is 41.8 Å². The number of hydrogen-bond acceptors (Lipinski definition) is 8. The monoisotopic (exact) mass is 423 g/mol. The van der Waals surface area contributed by atoms with Gasteiger partial charge in [-0.1, -0.05) is 12.1 Å². The first-order chi connectivity index (χ1) is 14.5. The molecule has 0 saturated carbocycles. The Hall–Kier alpha value is -2.78. The molecule has 0 aliphatic carbocycles. The number of carbonyl (C=O) groups is 1. The molecule has 2 aliphatic heterocycles. The lowest BCUT2D eigenvalue weighted by molar-refractivity contribution is 0.0935. The number of fused-ring (bicyclic) bond motifs is 3. The van der Waals surface area contributed by atoms with Crippen molar-refractivity contribution in [3.05, 3.63) is 41.7 Å². The van der Waals surface area contributed by atoms with Gasteiger partial charge in [0.1, 0.15) is 11.2 Å². The van der Waals surface area contributed by atoms with Gasteiger partial charge in [0.25, 0.3) is 5.91 Å². The van der Waals surface area contributed by atoms with Crippen LogP contribution < -0.4 is 21.3 Å². The number of nitrogens with two attached hydrogens (primary N) is 1. The Morgan fingerprint density at radius 3 is 2.77 bits per heavy atom. The summed E-state index contributed by atoms with van der Waals surface area (Å²) in [4.78, 5) is 24.2. The number of piperazine rings is 1. The van der Waals surface area contributed by atoms with E-state index in [0.29, 0.717) is 28.2 Å². The van der Waals surface area contributed by atoms with Crippen LogP contribution in [0, 0.1) is 0 Å². The molecule has 156 valence electrons. The van der Waals surface area contributed by atoms with Crippen LogP contribution in [0.4, 0.5) is 11.5 Å². The maximum absolute atomic E-state index is 12.6. The molecule has 0 radical (unpaired) electrons. The molecular formula is C21H25N7OS. The molecule has 8 nitrogen and oxygen atoms in total. The molecule has 2 bridgehead atoms. The SMILES string of the molecule is C[C@@H](Cc1ccc(N2CC3CCC(C2)N3)cc1)NC(=O)c1cnc2snc(N)c2n1. The van der Waals surface area contributed by atoms with Gasteiger partial charge in [-0.25, -0.2) is 9.97 Å². The van der Waals surface area contributed by atoms with Crippen LogP contribution in [0.25, 0.3) is 10.3 Å². The minimum Gasteiger partial charge on any atom is -0.381 e. The minimum absolute atomic E-state index is 0.0335. The van der Waals surface area contributed by atoms with Gasteiger partial charge in [-0.05, 0) is 55.4 Å². The molecule has 0 spiro atoms. The number of nitrogens with one attached hydrogen (secondary N) is 2. The van der Waals surface area contributed by atoms with E-state index in [-0.39, 0.29) is 17.6 Å². The van der Waals surface area contributed by atoms with Gasteiger partial charge in [-0.15, -0.1) is 0 Å². The quantitative estimate of drug-likeness (QED) is 0.576. The summed E-state index contributed by atoms with van der Waals surface area (Å²) < 4.78 is 4.02. The fraction of sp³-hybridized carbons (Fsp3) is 0.429. The third kappa shape index (κ3) is 3.82. The van der Waals surface area contributed by atoms with Crippen molar-refractivity contribution < 1.29 is 4.79 Å². The molecule has 9 heteroatoms. The molecular weight excluding hydrogens is 398 g/mol. The Kier molecular flexibility index (Phi) is 5.00. The second kappa shape index (κ2) is 7.81. The van der Waals surface area contributed by atoms with E-state index in [1.807, 2.05) is 6.92 Å². The summed E-state index contributed by atoms with van der Waals surface area (Å²) in [5, 5.41) is 6.67. The van der Waals surface area contributed by atoms with Crippen molar-refractivity contribution in [3.8, 4) is 0 Å². The molecule has 3 atom stereocenters. The van der Waals surface area contributed by atoms with E-state index >= 15 is 0 Å². The number of rotatable bonds is 5. The van der Waals surface area contributed by atoms with E-state index in [2.05, 4.69) is 54.1 Å². The predicted molar refractivity (Wildman–Crippen MR) is 119 cm³/mol. The molecule has 5 rings (SSSR count). The van der Waals surface area contributed by atoms with Gasteiger partial charge < -0.3 is 21.3 Å². The largest absolute Gasteiger partial charge is 0.381 e. The number of carbonyl (C=O) groups excluding carboxylic acids is 1. The molecule has 2 aromatic heterocycles. The Balaban J connectivity index is 1.20. The van der Waals surface area contributed by atoms with Crippen molar-refractivity contribution in [1.82, 2.24) is 25.0 Å². The number of benzene rings is 1. The number of nitrogens with zero attached hydrogens (tertiary/aromatic N) is 4. The predicted octanol–water partition coefficient (Wildman–Crippen LogP) is 1.97. The number of nitrogen functional groups attached to an aromatic ring is 1. The zero-order valence-electron chi connectivity index (χ0n) is 16.8. The third-order valence-corrected chi connectivity index (χ3v) is 6.64. The van der Waals surface area contributed by atoms with Crippen molar-refractivity contribution in [2.24, 2.45) is 0 Å². The van der Waals surface area contributed by atoms with E-state index in [9.17, 15) is 4.79 Å². The molecule has 2 aliphatic rings. The summed E-state index contributed by atoms with van der Waals surface area (Å²) in [5.41, 5.74) is 9.00. The van der Waals surface area contributed by atoms with Crippen LogP contribution in [0.15, 0.2) is 30.5 Å². The molecule has 1 amide bonds. The molecule has 4 heterocycles. The smallest absolute Gasteiger partial charge is 0.271 e. The average Bonchev–Trinajstić information content (AvgIpc) is 3.29. The Morgan fingerprint density at radius 2 is 2.03 bits per heavy atom. The first-order valence-corrected chi connectivity index (χ1v) is 11.1. The second-order valence-corrected chi connectivity index (χ2v) is 9.02. The molecule has 30 heavy (non-hydrogen) atoms. The van der Waals surface area contributed by atoms with Crippen LogP contribution in [0.5, 0.6) is 0 Å². The fourth-order valence-corrected chi connectivity index (χ4v) is 5.02. The zero-order valence-corrected chi connectivity index (χ0v) is 17.7. The lowest BCUT2D eigenvalue weighted by Crippen LogP contribution is -2.51. The van der Waals surface area contributed by atoms with Crippen LogP contribution in [0.2, 0.25) is 0 Å². The minimum atomic E-state index is -0.254. The van der Waals surface area contributed by atoms with E-state index in [0.717, 1.165) is 19.5 Å². The van der Waals surface area contributed by atoms with Gasteiger partial charge in [0.15, 0.2) is 10.6 Å². The lowest BCUT2D eigenvalue weighted by Gasteiger charge is -2.34.